The minimum absolute atomic E-state index is 0. The number of aryl methyl sites for hydroxylation is 3. The lowest BCUT2D eigenvalue weighted by Crippen LogP contribution is -2.40. The van der Waals surface area contributed by atoms with Crippen LogP contribution in [0, 0.1) is 20.8 Å². The third-order valence-corrected chi connectivity index (χ3v) is 4.50. The van der Waals surface area contributed by atoms with Crippen LogP contribution in [-0.2, 0) is 4.74 Å². The van der Waals surface area contributed by atoms with Crippen LogP contribution in [0.4, 0.5) is 5.69 Å². The second-order valence-corrected chi connectivity index (χ2v) is 6.84. The summed E-state index contributed by atoms with van der Waals surface area (Å²) in [5, 5.41) is 3.19. The molecule has 148 valence electrons. The van der Waals surface area contributed by atoms with Gasteiger partial charge in [-0.1, -0.05) is 6.07 Å². The maximum Gasteiger partial charge on any atom is 0.193 e. The number of halogens is 1. The summed E-state index contributed by atoms with van der Waals surface area (Å²) in [7, 11) is 0. The fourth-order valence-electron chi connectivity index (χ4n) is 3.33. The molecule has 1 unspecified atom stereocenters. The van der Waals surface area contributed by atoms with E-state index in [0.29, 0.717) is 12.5 Å². The molecule has 1 aromatic heterocycles. The topological polar surface area (TPSA) is 76.0 Å². The highest BCUT2D eigenvalue weighted by Gasteiger charge is 2.25. The molecule has 2 heterocycles. The quantitative estimate of drug-likeness (QED) is 0.385. The van der Waals surface area contributed by atoms with E-state index in [1.54, 1.807) is 0 Å². The lowest BCUT2D eigenvalue weighted by Gasteiger charge is -2.32. The summed E-state index contributed by atoms with van der Waals surface area (Å²) in [5.74, 6) is 2.24. The number of benzene rings is 1. The standard InChI is InChI=1S/C20H28N4O2.HI/c1-14-10-15(2)12-17(11-14)23-20(21)22-13-18(19-5-4-16(3)26-19)24-6-8-25-9-7-24;/h4-5,10-12,18H,6-9,13H2,1-3H3,(H3,21,22,23);1H. The van der Waals surface area contributed by atoms with Crippen molar-refractivity contribution in [1.29, 1.82) is 0 Å². The highest BCUT2D eigenvalue weighted by atomic mass is 127. The first-order valence-electron chi connectivity index (χ1n) is 9.04. The van der Waals surface area contributed by atoms with Crippen molar-refractivity contribution in [3.05, 3.63) is 53.0 Å². The molecule has 6 nitrogen and oxygen atoms in total. The molecular weight excluding hydrogens is 455 g/mol. The highest BCUT2D eigenvalue weighted by molar-refractivity contribution is 14.0. The van der Waals surface area contributed by atoms with Crippen molar-refractivity contribution in [2.24, 2.45) is 10.7 Å². The number of hydrogen-bond acceptors (Lipinski definition) is 4. The third-order valence-electron chi connectivity index (χ3n) is 4.50. The molecule has 0 spiro atoms. The fraction of sp³-hybridized carbons (Fsp3) is 0.450. The Hall–Kier alpha value is -1.58. The lowest BCUT2D eigenvalue weighted by molar-refractivity contribution is 0.0135. The van der Waals surface area contributed by atoms with Gasteiger partial charge >= 0.3 is 0 Å². The van der Waals surface area contributed by atoms with Crippen LogP contribution in [0.15, 0.2) is 39.7 Å². The van der Waals surface area contributed by atoms with Crippen LogP contribution in [0.1, 0.15) is 28.7 Å². The van der Waals surface area contributed by atoms with E-state index >= 15 is 0 Å². The molecule has 1 aliphatic heterocycles. The van der Waals surface area contributed by atoms with Gasteiger partial charge in [0.15, 0.2) is 5.96 Å². The van der Waals surface area contributed by atoms with E-state index in [4.69, 9.17) is 14.9 Å². The minimum Gasteiger partial charge on any atom is -0.465 e. The Morgan fingerprint density at radius 1 is 1.15 bits per heavy atom. The molecule has 1 aliphatic rings. The number of furan rings is 1. The fourth-order valence-corrected chi connectivity index (χ4v) is 3.33. The van der Waals surface area contributed by atoms with Gasteiger partial charge in [0.2, 0.25) is 0 Å². The second-order valence-electron chi connectivity index (χ2n) is 6.84. The van der Waals surface area contributed by atoms with E-state index in [2.05, 4.69) is 47.3 Å². The van der Waals surface area contributed by atoms with Gasteiger partial charge in [-0.3, -0.25) is 9.89 Å². The average molecular weight is 484 g/mol. The first-order chi connectivity index (χ1) is 12.5. The summed E-state index contributed by atoms with van der Waals surface area (Å²) in [6, 6.07) is 10.3. The first kappa shape index (κ1) is 21.7. The number of rotatable bonds is 5. The van der Waals surface area contributed by atoms with Gasteiger partial charge < -0.3 is 20.2 Å². The summed E-state index contributed by atoms with van der Waals surface area (Å²) in [4.78, 5) is 6.92. The Morgan fingerprint density at radius 3 is 2.41 bits per heavy atom. The third kappa shape index (κ3) is 6.22. The number of hydrogen-bond donors (Lipinski definition) is 2. The van der Waals surface area contributed by atoms with Crippen molar-refractivity contribution in [1.82, 2.24) is 4.90 Å². The molecule has 0 bridgehead atoms. The number of guanidine groups is 1. The Morgan fingerprint density at radius 2 is 1.81 bits per heavy atom. The number of nitrogens with one attached hydrogen (secondary N) is 1. The average Bonchev–Trinajstić information content (AvgIpc) is 3.01. The molecule has 0 saturated carbocycles. The molecule has 3 N–H and O–H groups in total. The molecule has 1 atom stereocenters. The molecule has 2 aromatic rings. The van der Waals surface area contributed by atoms with Gasteiger partial charge in [0.05, 0.1) is 25.8 Å². The van der Waals surface area contributed by atoms with Gasteiger partial charge in [-0.25, -0.2) is 0 Å². The van der Waals surface area contributed by atoms with Crippen LogP contribution < -0.4 is 11.1 Å². The summed E-state index contributed by atoms with van der Waals surface area (Å²) >= 11 is 0. The number of aliphatic imine (C=N–C) groups is 1. The first-order valence-corrected chi connectivity index (χ1v) is 9.04. The normalized spacial score (nSPS) is 16.6. The Balaban J connectivity index is 0.00000261. The van der Waals surface area contributed by atoms with Crippen LogP contribution in [0.3, 0.4) is 0 Å². The molecule has 1 aromatic carbocycles. The van der Waals surface area contributed by atoms with Crippen LogP contribution in [-0.4, -0.2) is 43.7 Å². The van der Waals surface area contributed by atoms with Crippen molar-refractivity contribution >= 4 is 35.6 Å². The van der Waals surface area contributed by atoms with Crippen LogP contribution in [0.2, 0.25) is 0 Å². The molecule has 1 fully saturated rings. The van der Waals surface area contributed by atoms with Gasteiger partial charge in [0.1, 0.15) is 11.5 Å². The largest absolute Gasteiger partial charge is 0.465 e. The maximum atomic E-state index is 6.13. The number of anilines is 1. The van der Waals surface area contributed by atoms with E-state index in [1.807, 2.05) is 19.1 Å². The molecule has 3 rings (SSSR count). The summed E-state index contributed by atoms with van der Waals surface area (Å²) in [6.45, 7) is 9.83. The highest BCUT2D eigenvalue weighted by Crippen LogP contribution is 2.24. The maximum absolute atomic E-state index is 6.13. The zero-order valence-corrected chi connectivity index (χ0v) is 18.5. The van der Waals surface area contributed by atoms with Gasteiger partial charge in [-0.15, -0.1) is 24.0 Å². The minimum atomic E-state index is 0. The smallest absolute Gasteiger partial charge is 0.193 e. The van der Waals surface area contributed by atoms with Crippen molar-refractivity contribution in [2.75, 3.05) is 38.2 Å². The Kier molecular flexibility index (Phi) is 8.12. The van der Waals surface area contributed by atoms with Gasteiger partial charge in [-0.2, -0.15) is 0 Å². The van der Waals surface area contributed by atoms with Crippen molar-refractivity contribution in [3.8, 4) is 0 Å². The summed E-state index contributed by atoms with van der Waals surface area (Å²) in [6.07, 6.45) is 0. The zero-order valence-electron chi connectivity index (χ0n) is 16.2. The molecule has 1 saturated heterocycles. The molecule has 0 aliphatic carbocycles. The number of ether oxygens (including phenoxy) is 1. The van der Waals surface area contributed by atoms with Crippen molar-refractivity contribution in [2.45, 2.75) is 26.8 Å². The molecule has 0 radical (unpaired) electrons. The predicted octanol–water partition coefficient (Wildman–Crippen LogP) is 3.62. The predicted molar refractivity (Wildman–Crippen MR) is 120 cm³/mol. The van der Waals surface area contributed by atoms with E-state index < -0.39 is 0 Å². The summed E-state index contributed by atoms with van der Waals surface area (Å²) < 4.78 is 11.3. The van der Waals surface area contributed by atoms with Crippen LogP contribution in [0.5, 0.6) is 0 Å². The van der Waals surface area contributed by atoms with Crippen LogP contribution in [0.25, 0.3) is 0 Å². The SMILES string of the molecule is Cc1cc(C)cc(NC(N)=NCC(c2ccc(C)o2)N2CCOCC2)c1.I. The van der Waals surface area contributed by atoms with E-state index in [9.17, 15) is 0 Å². The Labute approximate surface area is 178 Å². The molecule has 27 heavy (non-hydrogen) atoms. The number of nitrogens with zero attached hydrogens (tertiary/aromatic N) is 2. The molecule has 7 heteroatoms. The number of nitrogens with two attached hydrogens (primary N) is 1. The lowest BCUT2D eigenvalue weighted by atomic mass is 10.1. The van der Waals surface area contributed by atoms with E-state index in [1.165, 1.54) is 11.1 Å². The summed E-state index contributed by atoms with van der Waals surface area (Å²) in [5.41, 5.74) is 9.48. The molecular formula is C20H29IN4O2. The monoisotopic (exact) mass is 484 g/mol. The van der Waals surface area contributed by atoms with E-state index in [-0.39, 0.29) is 30.0 Å². The van der Waals surface area contributed by atoms with Gasteiger partial charge in [0, 0.05) is 18.8 Å². The zero-order chi connectivity index (χ0) is 18.5. The Bertz CT molecular complexity index is 749. The molecule has 0 amide bonds. The van der Waals surface area contributed by atoms with Crippen molar-refractivity contribution in [3.63, 3.8) is 0 Å². The van der Waals surface area contributed by atoms with Gasteiger partial charge in [0.25, 0.3) is 0 Å². The van der Waals surface area contributed by atoms with Crippen LogP contribution >= 0.6 is 24.0 Å². The van der Waals surface area contributed by atoms with E-state index in [0.717, 1.165) is 43.5 Å². The van der Waals surface area contributed by atoms with Gasteiger partial charge in [-0.05, 0) is 56.2 Å². The number of morpholine rings is 1. The van der Waals surface area contributed by atoms with Crippen molar-refractivity contribution < 1.29 is 9.15 Å². The second kappa shape index (κ2) is 10.1.